The van der Waals surface area contributed by atoms with E-state index in [1.54, 1.807) is 0 Å². The molecular formula is C18H28ClN3O. The Morgan fingerprint density at radius 1 is 1.39 bits per heavy atom. The zero-order valence-corrected chi connectivity index (χ0v) is 15.4. The molecule has 23 heavy (non-hydrogen) atoms. The van der Waals surface area contributed by atoms with E-state index in [1.807, 2.05) is 29.2 Å². The molecular weight excluding hydrogens is 310 g/mol. The van der Waals surface area contributed by atoms with Crippen molar-refractivity contribution in [3.8, 4) is 0 Å². The van der Waals surface area contributed by atoms with E-state index in [9.17, 15) is 4.79 Å². The lowest BCUT2D eigenvalue weighted by Gasteiger charge is -2.28. The number of likely N-dealkylation sites (tertiary alicyclic amines) is 1. The zero-order valence-electron chi connectivity index (χ0n) is 14.6. The summed E-state index contributed by atoms with van der Waals surface area (Å²) >= 11 is 6.29. The van der Waals surface area contributed by atoms with Crippen molar-refractivity contribution in [2.45, 2.75) is 25.7 Å². The lowest BCUT2D eigenvalue weighted by molar-refractivity contribution is 0.203. The van der Waals surface area contributed by atoms with Crippen LogP contribution in [0.15, 0.2) is 24.3 Å². The lowest BCUT2D eigenvalue weighted by Crippen LogP contribution is -2.44. The third kappa shape index (κ3) is 4.85. The number of amides is 2. The number of nitrogens with one attached hydrogen (secondary N) is 1. The van der Waals surface area contributed by atoms with Gasteiger partial charge in [0.1, 0.15) is 0 Å². The second-order valence-electron chi connectivity index (χ2n) is 7.39. The number of nitrogens with zero attached hydrogens (tertiary/aromatic N) is 2. The van der Waals surface area contributed by atoms with Gasteiger partial charge in [-0.25, -0.2) is 4.79 Å². The second-order valence-corrected chi connectivity index (χ2v) is 7.79. The second kappa shape index (κ2) is 7.54. The van der Waals surface area contributed by atoms with Crippen LogP contribution in [-0.2, 0) is 5.41 Å². The predicted molar refractivity (Wildman–Crippen MR) is 96.1 cm³/mol. The smallest absolute Gasteiger partial charge is 0.317 e. The molecule has 1 aromatic rings. The molecule has 1 atom stereocenters. The molecule has 1 aliphatic rings. The normalized spacial score (nSPS) is 18.5. The molecule has 1 fully saturated rings. The van der Waals surface area contributed by atoms with Crippen LogP contribution in [0.25, 0.3) is 0 Å². The Morgan fingerprint density at radius 2 is 2.09 bits per heavy atom. The van der Waals surface area contributed by atoms with E-state index in [0.717, 1.165) is 36.6 Å². The maximum atomic E-state index is 12.4. The van der Waals surface area contributed by atoms with E-state index < -0.39 is 0 Å². The van der Waals surface area contributed by atoms with Crippen LogP contribution in [0, 0.1) is 5.92 Å². The number of carbonyl (C=O) groups excluding carboxylic acids is 1. The minimum atomic E-state index is -0.198. The van der Waals surface area contributed by atoms with Gasteiger partial charge in [-0.3, -0.25) is 0 Å². The first-order valence-electron chi connectivity index (χ1n) is 8.22. The molecule has 0 bridgehead atoms. The monoisotopic (exact) mass is 337 g/mol. The molecule has 0 aliphatic carbocycles. The highest BCUT2D eigenvalue weighted by Crippen LogP contribution is 2.29. The van der Waals surface area contributed by atoms with Gasteiger partial charge in [0.25, 0.3) is 0 Å². The molecule has 1 N–H and O–H groups in total. The summed E-state index contributed by atoms with van der Waals surface area (Å²) in [5, 5.41) is 3.83. The first-order chi connectivity index (χ1) is 10.8. The Balaban J connectivity index is 1.88. The summed E-state index contributed by atoms with van der Waals surface area (Å²) in [7, 11) is 4.16. The Morgan fingerprint density at radius 3 is 2.74 bits per heavy atom. The fraction of sp³-hybridized carbons (Fsp3) is 0.611. The third-order valence-electron chi connectivity index (χ3n) is 4.48. The fourth-order valence-corrected chi connectivity index (χ4v) is 3.59. The van der Waals surface area contributed by atoms with Gasteiger partial charge in [-0.05, 0) is 38.1 Å². The first kappa shape index (κ1) is 18.1. The average Bonchev–Trinajstić information content (AvgIpc) is 2.93. The van der Waals surface area contributed by atoms with Gasteiger partial charge in [-0.1, -0.05) is 43.6 Å². The minimum absolute atomic E-state index is 0.0337. The van der Waals surface area contributed by atoms with E-state index in [1.165, 1.54) is 0 Å². The maximum Gasteiger partial charge on any atom is 0.317 e. The molecule has 4 nitrogen and oxygen atoms in total. The van der Waals surface area contributed by atoms with Gasteiger partial charge >= 0.3 is 6.03 Å². The van der Waals surface area contributed by atoms with Crippen LogP contribution in [0.3, 0.4) is 0 Å². The number of rotatable bonds is 5. The first-order valence-corrected chi connectivity index (χ1v) is 8.60. The van der Waals surface area contributed by atoms with Crippen molar-refractivity contribution in [3.63, 3.8) is 0 Å². The van der Waals surface area contributed by atoms with Crippen LogP contribution in [0.5, 0.6) is 0 Å². The summed E-state index contributed by atoms with van der Waals surface area (Å²) in [6, 6.07) is 7.86. The number of benzene rings is 1. The number of halogens is 1. The highest BCUT2D eigenvalue weighted by molar-refractivity contribution is 6.31. The Labute approximate surface area is 144 Å². The van der Waals surface area contributed by atoms with Gasteiger partial charge < -0.3 is 15.1 Å². The van der Waals surface area contributed by atoms with E-state index in [0.29, 0.717) is 12.5 Å². The SMILES string of the molecule is CN(C)C[C@H]1CCN(C(=O)NCC(C)(C)c2ccccc2Cl)C1. The topological polar surface area (TPSA) is 35.6 Å². The number of carbonyl (C=O) groups is 1. The molecule has 0 unspecified atom stereocenters. The molecule has 0 spiro atoms. The Bertz CT molecular complexity index is 545. The molecule has 2 rings (SSSR count). The zero-order chi connectivity index (χ0) is 17.0. The van der Waals surface area contributed by atoms with Crippen LogP contribution >= 0.6 is 11.6 Å². The van der Waals surface area contributed by atoms with Crippen LogP contribution in [0.4, 0.5) is 4.79 Å². The van der Waals surface area contributed by atoms with Gasteiger partial charge in [0, 0.05) is 36.6 Å². The summed E-state index contributed by atoms with van der Waals surface area (Å²) in [5.41, 5.74) is 0.866. The highest BCUT2D eigenvalue weighted by atomic mass is 35.5. The van der Waals surface area contributed by atoms with Crippen molar-refractivity contribution in [1.29, 1.82) is 0 Å². The number of urea groups is 1. The van der Waals surface area contributed by atoms with Crippen LogP contribution < -0.4 is 5.32 Å². The van der Waals surface area contributed by atoms with E-state index in [-0.39, 0.29) is 11.4 Å². The minimum Gasteiger partial charge on any atom is -0.337 e. The summed E-state index contributed by atoms with van der Waals surface area (Å²) in [4.78, 5) is 16.5. The summed E-state index contributed by atoms with van der Waals surface area (Å²) in [6.07, 6.45) is 1.08. The van der Waals surface area contributed by atoms with Crippen LogP contribution in [0.2, 0.25) is 5.02 Å². The standard InChI is InChI=1S/C18H28ClN3O/c1-18(2,15-7-5-6-8-16(15)19)13-20-17(23)22-10-9-14(12-22)11-21(3)4/h5-8,14H,9-13H2,1-4H3,(H,20,23)/t14-/m1/s1. The molecule has 1 heterocycles. The summed E-state index contributed by atoms with van der Waals surface area (Å²) < 4.78 is 0. The third-order valence-corrected chi connectivity index (χ3v) is 4.81. The molecule has 2 amide bonds. The van der Waals surface area contributed by atoms with Gasteiger partial charge in [0.05, 0.1) is 0 Å². The van der Waals surface area contributed by atoms with Gasteiger partial charge in [0.15, 0.2) is 0 Å². The van der Waals surface area contributed by atoms with Crippen LogP contribution in [0.1, 0.15) is 25.8 Å². The summed E-state index contributed by atoms with van der Waals surface area (Å²) in [5.74, 6) is 0.576. The molecule has 0 radical (unpaired) electrons. The molecule has 5 heteroatoms. The Kier molecular flexibility index (Phi) is 5.93. The Hall–Kier alpha value is -1.26. The van der Waals surface area contributed by atoms with Gasteiger partial charge in [-0.15, -0.1) is 0 Å². The van der Waals surface area contributed by atoms with Crippen molar-refractivity contribution in [2.24, 2.45) is 5.92 Å². The summed E-state index contributed by atoms with van der Waals surface area (Å²) in [6.45, 7) is 7.51. The van der Waals surface area contributed by atoms with Crippen molar-refractivity contribution < 1.29 is 4.79 Å². The van der Waals surface area contributed by atoms with Crippen molar-refractivity contribution in [1.82, 2.24) is 15.1 Å². The maximum absolute atomic E-state index is 12.4. The van der Waals surface area contributed by atoms with Gasteiger partial charge in [0.2, 0.25) is 0 Å². The van der Waals surface area contributed by atoms with E-state index in [2.05, 4.69) is 38.2 Å². The molecule has 0 saturated carbocycles. The predicted octanol–water partition coefficient (Wildman–Crippen LogP) is 3.21. The molecule has 1 saturated heterocycles. The lowest BCUT2D eigenvalue weighted by atomic mass is 9.84. The molecule has 0 aromatic heterocycles. The molecule has 1 aromatic carbocycles. The van der Waals surface area contributed by atoms with Crippen molar-refractivity contribution in [3.05, 3.63) is 34.9 Å². The molecule has 128 valence electrons. The number of hydrogen-bond acceptors (Lipinski definition) is 2. The quantitative estimate of drug-likeness (QED) is 0.895. The van der Waals surface area contributed by atoms with Gasteiger partial charge in [-0.2, -0.15) is 0 Å². The highest BCUT2D eigenvalue weighted by Gasteiger charge is 2.29. The number of hydrogen-bond donors (Lipinski definition) is 1. The fourth-order valence-electron chi connectivity index (χ4n) is 3.20. The van der Waals surface area contributed by atoms with E-state index >= 15 is 0 Å². The van der Waals surface area contributed by atoms with Crippen LogP contribution in [-0.4, -0.2) is 56.1 Å². The average molecular weight is 338 g/mol. The van der Waals surface area contributed by atoms with Crippen molar-refractivity contribution >= 4 is 17.6 Å². The van der Waals surface area contributed by atoms with Crippen molar-refractivity contribution in [2.75, 3.05) is 40.3 Å². The largest absolute Gasteiger partial charge is 0.337 e. The van der Waals surface area contributed by atoms with E-state index in [4.69, 9.17) is 11.6 Å². The molecule has 1 aliphatic heterocycles.